The predicted octanol–water partition coefficient (Wildman–Crippen LogP) is 3.51. The van der Waals surface area contributed by atoms with Gasteiger partial charge in [0.2, 0.25) is 10.0 Å². The molecule has 2 aromatic carbocycles. The first-order valence-electron chi connectivity index (χ1n) is 7.79. The van der Waals surface area contributed by atoms with E-state index in [1.807, 2.05) is 6.92 Å². The summed E-state index contributed by atoms with van der Waals surface area (Å²) in [6, 6.07) is 11.0. The van der Waals surface area contributed by atoms with Crippen LogP contribution < -0.4 is 4.31 Å². The van der Waals surface area contributed by atoms with Crippen LogP contribution >= 0.6 is 11.8 Å². The van der Waals surface area contributed by atoms with Crippen molar-refractivity contribution in [1.29, 1.82) is 0 Å². The van der Waals surface area contributed by atoms with Crippen LogP contribution in [0.2, 0.25) is 0 Å². The second kappa shape index (κ2) is 6.80. The Morgan fingerprint density at radius 1 is 1.24 bits per heavy atom. The lowest BCUT2D eigenvalue weighted by Crippen LogP contribution is -2.34. The Morgan fingerprint density at radius 3 is 2.56 bits per heavy atom. The first-order valence-corrected chi connectivity index (χ1v) is 10.6. The molecule has 3 rings (SSSR count). The van der Waals surface area contributed by atoms with E-state index in [9.17, 15) is 17.6 Å². The summed E-state index contributed by atoms with van der Waals surface area (Å²) in [4.78, 5) is 13.2. The average molecular weight is 379 g/mol. The number of nitrogens with zero attached hydrogens (tertiary/aromatic N) is 1. The van der Waals surface area contributed by atoms with Crippen LogP contribution in [0.15, 0.2) is 47.4 Å². The van der Waals surface area contributed by atoms with Gasteiger partial charge >= 0.3 is 0 Å². The zero-order valence-corrected chi connectivity index (χ0v) is 15.5. The largest absolute Gasteiger partial charge is 0.293 e. The lowest BCUT2D eigenvalue weighted by Gasteiger charge is -2.21. The molecule has 0 fully saturated rings. The molecule has 0 aliphatic carbocycles. The number of anilines is 1. The van der Waals surface area contributed by atoms with E-state index in [2.05, 4.69) is 0 Å². The lowest BCUT2D eigenvalue weighted by atomic mass is 10.0. The number of Topliss-reactive ketones (excluding diaryl/α,β-unsaturated/α-hetero) is 1. The van der Waals surface area contributed by atoms with E-state index in [0.29, 0.717) is 17.7 Å². The first kappa shape index (κ1) is 17.9. The second-order valence-electron chi connectivity index (χ2n) is 6.12. The standard InChI is InChI=1S/C18H18FNO3S2/c1-12-9-14-10-13(3-8-17(14)20(12)25(2,22)23)18(21)11-24-16-6-4-15(19)5-7-16/h3-8,10,12H,9,11H2,1-2H3/t12-/m0/s1. The van der Waals surface area contributed by atoms with E-state index in [-0.39, 0.29) is 23.4 Å². The quantitative estimate of drug-likeness (QED) is 0.589. The monoisotopic (exact) mass is 379 g/mol. The zero-order chi connectivity index (χ0) is 18.2. The molecule has 2 aromatic rings. The molecular weight excluding hydrogens is 361 g/mol. The number of sulfonamides is 1. The van der Waals surface area contributed by atoms with Crippen molar-refractivity contribution in [2.75, 3.05) is 16.3 Å². The van der Waals surface area contributed by atoms with Gasteiger partial charge in [-0.3, -0.25) is 9.10 Å². The molecule has 4 nitrogen and oxygen atoms in total. The highest BCUT2D eigenvalue weighted by atomic mass is 32.2. The highest BCUT2D eigenvalue weighted by molar-refractivity contribution is 8.00. The normalized spacial score (nSPS) is 16.8. The van der Waals surface area contributed by atoms with E-state index >= 15 is 0 Å². The van der Waals surface area contributed by atoms with Gasteiger partial charge in [0.05, 0.1) is 17.7 Å². The van der Waals surface area contributed by atoms with E-state index in [1.165, 1.54) is 34.5 Å². The number of carbonyl (C=O) groups excluding carboxylic acids is 1. The SMILES string of the molecule is C[C@H]1Cc2cc(C(=O)CSc3ccc(F)cc3)ccc2N1S(C)(=O)=O. The van der Waals surface area contributed by atoms with Gasteiger partial charge in [0.1, 0.15) is 5.82 Å². The van der Waals surface area contributed by atoms with Crippen LogP contribution in [0.25, 0.3) is 0 Å². The third-order valence-corrected chi connectivity index (χ3v) is 6.38. The molecule has 1 aliphatic rings. The molecule has 7 heteroatoms. The number of halogens is 1. The van der Waals surface area contributed by atoms with E-state index in [0.717, 1.165) is 10.5 Å². The molecule has 0 saturated carbocycles. The molecule has 1 atom stereocenters. The highest BCUT2D eigenvalue weighted by Crippen LogP contribution is 2.35. The molecule has 0 radical (unpaired) electrons. The number of benzene rings is 2. The molecule has 1 aliphatic heterocycles. The maximum absolute atomic E-state index is 12.9. The fourth-order valence-electron chi connectivity index (χ4n) is 3.04. The highest BCUT2D eigenvalue weighted by Gasteiger charge is 2.32. The van der Waals surface area contributed by atoms with Gasteiger partial charge in [-0.2, -0.15) is 0 Å². The molecule has 25 heavy (non-hydrogen) atoms. The first-order chi connectivity index (χ1) is 11.8. The fourth-order valence-corrected chi connectivity index (χ4v) is 5.10. The number of rotatable bonds is 5. The van der Waals surface area contributed by atoms with Crippen LogP contribution in [0.5, 0.6) is 0 Å². The third-order valence-electron chi connectivity index (χ3n) is 4.10. The van der Waals surface area contributed by atoms with Crippen molar-refractivity contribution in [3.63, 3.8) is 0 Å². The van der Waals surface area contributed by atoms with Gasteiger partial charge in [0.25, 0.3) is 0 Å². The zero-order valence-electron chi connectivity index (χ0n) is 13.9. The molecule has 0 unspecified atom stereocenters. The molecule has 0 amide bonds. The molecule has 132 valence electrons. The number of hydrogen-bond donors (Lipinski definition) is 0. The second-order valence-corrected chi connectivity index (χ2v) is 9.03. The number of thioether (sulfide) groups is 1. The van der Waals surface area contributed by atoms with Gasteiger partial charge in [-0.1, -0.05) is 0 Å². The molecule has 0 aromatic heterocycles. The van der Waals surface area contributed by atoms with Gasteiger partial charge in [-0.15, -0.1) is 11.8 Å². The minimum atomic E-state index is -3.33. The van der Waals surface area contributed by atoms with Gasteiger partial charge < -0.3 is 0 Å². The predicted molar refractivity (Wildman–Crippen MR) is 98.4 cm³/mol. The Morgan fingerprint density at radius 2 is 1.92 bits per heavy atom. The molecule has 1 heterocycles. The maximum Gasteiger partial charge on any atom is 0.232 e. The minimum absolute atomic E-state index is 0.0393. The van der Waals surface area contributed by atoms with Crippen LogP contribution in [-0.4, -0.2) is 32.3 Å². The van der Waals surface area contributed by atoms with Gasteiger partial charge in [-0.05, 0) is 61.4 Å². The van der Waals surface area contributed by atoms with Gasteiger partial charge in [0.15, 0.2) is 5.78 Å². The van der Waals surface area contributed by atoms with E-state index in [1.54, 1.807) is 30.3 Å². The summed E-state index contributed by atoms with van der Waals surface area (Å²) in [6.45, 7) is 1.85. The molecule has 0 spiro atoms. The minimum Gasteiger partial charge on any atom is -0.293 e. The van der Waals surface area contributed by atoms with Crippen molar-refractivity contribution < 1.29 is 17.6 Å². The van der Waals surface area contributed by atoms with Crippen molar-refractivity contribution in [2.45, 2.75) is 24.3 Å². The number of carbonyl (C=O) groups is 1. The summed E-state index contributed by atoms with van der Waals surface area (Å²) in [5, 5.41) is 0. The van der Waals surface area contributed by atoms with Crippen LogP contribution in [-0.2, 0) is 16.4 Å². The summed E-state index contributed by atoms with van der Waals surface area (Å²) >= 11 is 1.35. The van der Waals surface area contributed by atoms with Crippen molar-refractivity contribution in [1.82, 2.24) is 0 Å². The van der Waals surface area contributed by atoms with Crippen molar-refractivity contribution in [3.05, 3.63) is 59.4 Å². The van der Waals surface area contributed by atoms with Crippen LogP contribution in [0, 0.1) is 5.82 Å². The fraction of sp³-hybridized carbons (Fsp3) is 0.278. The number of ketones is 1. The average Bonchev–Trinajstić information content (AvgIpc) is 2.88. The number of hydrogen-bond acceptors (Lipinski definition) is 4. The van der Waals surface area contributed by atoms with Crippen molar-refractivity contribution in [2.24, 2.45) is 0 Å². The molecular formula is C18H18FNO3S2. The van der Waals surface area contributed by atoms with Gasteiger partial charge in [0, 0.05) is 16.5 Å². The maximum atomic E-state index is 12.9. The summed E-state index contributed by atoms with van der Waals surface area (Å²) in [5.74, 6) is -0.100. The third kappa shape index (κ3) is 3.88. The van der Waals surface area contributed by atoms with E-state index in [4.69, 9.17) is 0 Å². The topological polar surface area (TPSA) is 54.5 Å². The summed E-state index contributed by atoms with van der Waals surface area (Å²) in [7, 11) is -3.33. The van der Waals surface area contributed by atoms with E-state index < -0.39 is 10.0 Å². The molecule has 0 saturated heterocycles. The summed E-state index contributed by atoms with van der Waals surface area (Å²) in [5.41, 5.74) is 2.09. The Balaban J connectivity index is 1.75. The lowest BCUT2D eigenvalue weighted by molar-refractivity contribution is 0.102. The van der Waals surface area contributed by atoms with Crippen LogP contribution in [0.1, 0.15) is 22.8 Å². The summed E-state index contributed by atoms with van der Waals surface area (Å²) < 4.78 is 38.2. The smallest absolute Gasteiger partial charge is 0.232 e. The van der Waals surface area contributed by atoms with Crippen LogP contribution in [0.3, 0.4) is 0 Å². The number of fused-ring (bicyclic) bond motifs is 1. The molecule has 0 N–H and O–H groups in total. The van der Waals surface area contributed by atoms with Crippen molar-refractivity contribution >= 4 is 33.3 Å². The van der Waals surface area contributed by atoms with Crippen molar-refractivity contribution in [3.8, 4) is 0 Å². The summed E-state index contributed by atoms with van der Waals surface area (Å²) in [6.07, 6.45) is 1.78. The Bertz CT molecular complexity index is 910. The molecule has 0 bridgehead atoms. The van der Waals surface area contributed by atoms with Gasteiger partial charge in [-0.25, -0.2) is 12.8 Å². The Labute approximate surface area is 151 Å². The Hall–Kier alpha value is -1.86. The Kier molecular flexibility index (Phi) is 4.88. The van der Waals surface area contributed by atoms with Crippen LogP contribution in [0.4, 0.5) is 10.1 Å².